The van der Waals surface area contributed by atoms with Gasteiger partial charge in [0.2, 0.25) is 0 Å². The van der Waals surface area contributed by atoms with Crippen LogP contribution in [0.2, 0.25) is 0 Å². The Morgan fingerprint density at radius 1 is 1.28 bits per heavy atom. The molecular formula is C13H11BrN2O2. The Bertz CT molecular complexity index is 558. The van der Waals surface area contributed by atoms with E-state index < -0.39 is 0 Å². The molecule has 0 bridgehead atoms. The Hall–Kier alpha value is -1.88. The van der Waals surface area contributed by atoms with Crippen LogP contribution in [0, 0.1) is 0 Å². The molecule has 0 aliphatic rings. The van der Waals surface area contributed by atoms with E-state index in [1.54, 1.807) is 49.8 Å². The summed E-state index contributed by atoms with van der Waals surface area (Å²) in [5, 5.41) is 2.79. The molecule has 1 aromatic carbocycles. The average Bonchev–Trinajstić information content (AvgIpc) is 2.40. The van der Waals surface area contributed by atoms with Crippen LogP contribution < -0.4 is 10.1 Å². The number of anilines is 1. The Morgan fingerprint density at radius 2 is 2.00 bits per heavy atom. The Labute approximate surface area is 113 Å². The maximum absolute atomic E-state index is 12.1. The maximum atomic E-state index is 12.1. The number of carbonyl (C=O) groups excluding carboxylic acids is 1. The lowest BCUT2D eigenvalue weighted by atomic mass is 10.2. The molecule has 1 aromatic heterocycles. The molecule has 0 atom stereocenters. The number of nitrogens with zero attached hydrogens (tertiary/aromatic N) is 1. The molecule has 0 saturated carbocycles. The van der Waals surface area contributed by atoms with Gasteiger partial charge in [-0.25, -0.2) is 0 Å². The summed E-state index contributed by atoms with van der Waals surface area (Å²) in [5.74, 6) is 0.435. The van der Waals surface area contributed by atoms with Crippen molar-refractivity contribution in [2.75, 3.05) is 12.4 Å². The van der Waals surface area contributed by atoms with Crippen molar-refractivity contribution in [2.45, 2.75) is 0 Å². The molecule has 2 rings (SSSR count). The van der Waals surface area contributed by atoms with Gasteiger partial charge in [0.05, 0.1) is 12.7 Å². The highest BCUT2D eigenvalue weighted by Crippen LogP contribution is 2.23. The van der Waals surface area contributed by atoms with Gasteiger partial charge in [0.1, 0.15) is 5.75 Å². The summed E-state index contributed by atoms with van der Waals surface area (Å²) in [5.41, 5.74) is 1.22. The third kappa shape index (κ3) is 2.87. The second-order valence-corrected chi connectivity index (χ2v) is 4.39. The van der Waals surface area contributed by atoms with Crippen LogP contribution >= 0.6 is 15.9 Å². The smallest absolute Gasteiger partial charge is 0.256 e. The molecule has 18 heavy (non-hydrogen) atoms. The highest BCUT2D eigenvalue weighted by molar-refractivity contribution is 9.10. The van der Waals surface area contributed by atoms with Crippen molar-refractivity contribution in [3.63, 3.8) is 0 Å². The number of carbonyl (C=O) groups is 1. The number of benzene rings is 1. The van der Waals surface area contributed by atoms with Crippen molar-refractivity contribution in [1.82, 2.24) is 4.98 Å². The van der Waals surface area contributed by atoms with Crippen LogP contribution in [-0.4, -0.2) is 18.0 Å². The van der Waals surface area contributed by atoms with Crippen LogP contribution in [0.1, 0.15) is 10.4 Å². The first-order valence-corrected chi connectivity index (χ1v) is 6.05. The molecule has 4 nitrogen and oxygen atoms in total. The predicted octanol–water partition coefficient (Wildman–Crippen LogP) is 3.11. The molecule has 1 amide bonds. The number of hydrogen-bond donors (Lipinski definition) is 1. The fourth-order valence-electron chi connectivity index (χ4n) is 1.44. The Balaban J connectivity index is 2.23. The molecule has 0 radical (unpaired) electrons. The summed E-state index contributed by atoms with van der Waals surface area (Å²) in [6, 6.07) is 8.70. The zero-order valence-corrected chi connectivity index (χ0v) is 11.3. The molecule has 92 valence electrons. The Kier molecular flexibility index (Phi) is 3.94. The number of pyridine rings is 1. The maximum Gasteiger partial charge on any atom is 0.256 e. The number of ether oxygens (including phenoxy) is 1. The first-order chi connectivity index (χ1) is 8.70. The summed E-state index contributed by atoms with van der Waals surface area (Å²) in [4.78, 5) is 16.0. The lowest BCUT2D eigenvalue weighted by molar-refractivity contribution is 0.102. The second kappa shape index (κ2) is 5.64. The Morgan fingerprint density at radius 3 is 2.67 bits per heavy atom. The molecule has 0 unspecified atom stereocenters. The van der Waals surface area contributed by atoms with E-state index in [1.165, 1.54) is 0 Å². The van der Waals surface area contributed by atoms with E-state index in [4.69, 9.17) is 4.74 Å². The summed E-state index contributed by atoms with van der Waals surface area (Å²) in [7, 11) is 1.56. The van der Waals surface area contributed by atoms with Gasteiger partial charge in [-0.15, -0.1) is 0 Å². The third-order valence-electron chi connectivity index (χ3n) is 2.36. The summed E-state index contributed by atoms with van der Waals surface area (Å²) in [6.45, 7) is 0. The van der Waals surface area contributed by atoms with E-state index in [0.29, 0.717) is 17.0 Å². The molecule has 1 heterocycles. The van der Waals surface area contributed by atoms with Gasteiger partial charge in [0, 0.05) is 22.6 Å². The van der Waals surface area contributed by atoms with Crippen molar-refractivity contribution in [3.8, 4) is 5.75 Å². The van der Waals surface area contributed by atoms with Crippen molar-refractivity contribution in [3.05, 3.63) is 52.8 Å². The van der Waals surface area contributed by atoms with E-state index in [-0.39, 0.29) is 5.91 Å². The zero-order chi connectivity index (χ0) is 13.0. The van der Waals surface area contributed by atoms with E-state index in [1.807, 2.05) is 0 Å². The number of rotatable bonds is 3. The number of nitrogens with one attached hydrogen (secondary N) is 1. The fourth-order valence-corrected chi connectivity index (χ4v) is 1.87. The van der Waals surface area contributed by atoms with Crippen molar-refractivity contribution < 1.29 is 9.53 Å². The molecule has 5 heteroatoms. The van der Waals surface area contributed by atoms with Crippen LogP contribution in [0.3, 0.4) is 0 Å². The number of amides is 1. The van der Waals surface area contributed by atoms with Crippen LogP contribution in [0.15, 0.2) is 47.2 Å². The highest BCUT2D eigenvalue weighted by Gasteiger charge is 2.11. The highest BCUT2D eigenvalue weighted by atomic mass is 79.9. The van der Waals surface area contributed by atoms with Crippen LogP contribution in [0.25, 0.3) is 0 Å². The fraction of sp³-hybridized carbons (Fsp3) is 0.0769. The number of aromatic nitrogens is 1. The predicted molar refractivity (Wildman–Crippen MR) is 72.9 cm³/mol. The summed E-state index contributed by atoms with van der Waals surface area (Å²) >= 11 is 3.34. The van der Waals surface area contributed by atoms with Gasteiger partial charge >= 0.3 is 0 Å². The second-order valence-electron chi connectivity index (χ2n) is 3.54. The minimum absolute atomic E-state index is 0.202. The van der Waals surface area contributed by atoms with Gasteiger partial charge in [-0.05, 0) is 46.3 Å². The average molecular weight is 307 g/mol. The van der Waals surface area contributed by atoms with Crippen LogP contribution in [0.4, 0.5) is 5.69 Å². The van der Waals surface area contributed by atoms with Crippen molar-refractivity contribution >= 4 is 27.5 Å². The molecule has 0 aliphatic carbocycles. The quantitative estimate of drug-likeness (QED) is 0.948. The monoisotopic (exact) mass is 306 g/mol. The number of hydrogen-bond acceptors (Lipinski definition) is 3. The van der Waals surface area contributed by atoms with E-state index in [0.717, 1.165) is 4.47 Å². The van der Waals surface area contributed by atoms with E-state index in [2.05, 4.69) is 26.2 Å². The van der Waals surface area contributed by atoms with E-state index >= 15 is 0 Å². The van der Waals surface area contributed by atoms with Crippen molar-refractivity contribution in [2.24, 2.45) is 0 Å². The molecule has 0 saturated heterocycles. The molecular weight excluding hydrogens is 296 g/mol. The zero-order valence-electron chi connectivity index (χ0n) is 9.68. The molecule has 1 N–H and O–H groups in total. The minimum Gasteiger partial charge on any atom is -0.497 e. The first-order valence-electron chi connectivity index (χ1n) is 5.25. The first kappa shape index (κ1) is 12.6. The lowest BCUT2D eigenvalue weighted by Gasteiger charge is -2.08. The van der Waals surface area contributed by atoms with Gasteiger partial charge in [-0.1, -0.05) is 0 Å². The van der Waals surface area contributed by atoms with Gasteiger partial charge in [-0.2, -0.15) is 0 Å². The van der Waals surface area contributed by atoms with Crippen LogP contribution in [-0.2, 0) is 0 Å². The lowest BCUT2D eigenvalue weighted by Crippen LogP contribution is -2.12. The molecule has 0 aliphatic heterocycles. The number of halogens is 1. The minimum atomic E-state index is -0.202. The third-order valence-corrected chi connectivity index (χ3v) is 3.05. The van der Waals surface area contributed by atoms with E-state index in [9.17, 15) is 4.79 Å². The largest absolute Gasteiger partial charge is 0.497 e. The standard InChI is InChI=1S/C13H11BrN2O2/c1-18-10-2-3-12(14)11(8-10)13(17)16-9-4-6-15-7-5-9/h2-8H,1H3,(H,15,16,17). The normalized spacial score (nSPS) is 9.89. The van der Waals surface area contributed by atoms with Gasteiger partial charge in [0.25, 0.3) is 5.91 Å². The van der Waals surface area contributed by atoms with Gasteiger partial charge in [0.15, 0.2) is 0 Å². The van der Waals surface area contributed by atoms with Crippen molar-refractivity contribution in [1.29, 1.82) is 0 Å². The topological polar surface area (TPSA) is 51.2 Å². The summed E-state index contributed by atoms with van der Waals surface area (Å²) < 4.78 is 5.82. The molecule has 2 aromatic rings. The molecule has 0 spiro atoms. The summed E-state index contributed by atoms with van der Waals surface area (Å²) in [6.07, 6.45) is 3.24. The SMILES string of the molecule is COc1ccc(Br)c(C(=O)Nc2ccncc2)c1. The number of methoxy groups -OCH3 is 1. The van der Waals surface area contributed by atoms with Gasteiger partial charge in [-0.3, -0.25) is 9.78 Å². The molecule has 0 fully saturated rings. The van der Waals surface area contributed by atoms with Crippen LogP contribution in [0.5, 0.6) is 5.75 Å². The van der Waals surface area contributed by atoms with Gasteiger partial charge < -0.3 is 10.1 Å².